The summed E-state index contributed by atoms with van der Waals surface area (Å²) in [6.07, 6.45) is 6.52. The van der Waals surface area contributed by atoms with Gasteiger partial charge in [0.15, 0.2) is 0 Å². The Morgan fingerprint density at radius 3 is 2.28 bits per heavy atom. The molecule has 7 rings (SSSR count). The monoisotopic (exact) mass is 724 g/mol. The Morgan fingerprint density at radius 1 is 0.852 bits per heavy atom. The summed E-state index contributed by atoms with van der Waals surface area (Å²) in [6.45, 7) is 9.28. The third kappa shape index (κ3) is 8.82. The van der Waals surface area contributed by atoms with Gasteiger partial charge in [-0.3, -0.25) is 4.90 Å². The molecule has 0 bridgehead atoms. The van der Waals surface area contributed by atoms with Crippen LogP contribution in [0.2, 0.25) is 0 Å². The van der Waals surface area contributed by atoms with Gasteiger partial charge in [0, 0.05) is 24.6 Å². The van der Waals surface area contributed by atoms with E-state index in [2.05, 4.69) is 92.8 Å². The molecule has 0 radical (unpaired) electrons. The van der Waals surface area contributed by atoms with Crippen LogP contribution in [-0.4, -0.2) is 55.7 Å². The number of imidazole rings is 2. The maximum absolute atomic E-state index is 12.8. The van der Waals surface area contributed by atoms with Crippen LogP contribution in [0.1, 0.15) is 82.6 Å². The smallest absolute Gasteiger partial charge is 0.410 e. The van der Waals surface area contributed by atoms with Crippen LogP contribution in [0, 0.1) is 0 Å². The van der Waals surface area contributed by atoms with E-state index in [4.69, 9.17) is 9.47 Å². The van der Waals surface area contributed by atoms with E-state index in [1.54, 1.807) is 4.90 Å². The van der Waals surface area contributed by atoms with Crippen LogP contribution in [-0.2, 0) is 16.1 Å². The van der Waals surface area contributed by atoms with Crippen LogP contribution in [0.25, 0.3) is 44.4 Å². The molecule has 0 aliphatic carbocycles. The number of aromatic nitrogens is 4. The molecule has 2 amide bonds. The standard InChI is InChI=1S/C44H48N6O4/c1-29(10-8-22-45-42(51)53-28-30-11-6-5-7-12-30)40-46-26-37(48-40)32-16-14-31(15-17-32)33-18-19-35-25-36(21-20-34(35)24-33)38-27-47-41(49-38)39-13-9-23-50(39)43(52)54-44(2,3)4/h5-7,11-12,14-21,24-27,29,39H,8-10,13,22-23,28H2,1-4H3,(H,45,51)(H,46,48)(H,47,49)/t29-,39-/m0/s1. The second-order valence-electron chi connectivity index (χ2n) is 15.1. The second-order valence-corrected chi connectivity index (χ2v) is 15.1. The normalized spacial score (nSPS) is 15.0. The zero-order valence-corrected chi connectivity index (χ0v) is 31.4. The van der Waals surface area contributed by atoms with Crippen LogP contribution in [0.4, 0.5) is 9.59 Å². The van der Waals surface area contributed by atoms with Crippen molar-refractivity contribution in [2.45, 2.75) is 77.5 Å². The van der Waals surface area contributed by atoms with E-state index in [1.807, 2.05) is 63.5 Å². The van der Waals surface area contributed by atoms with Gasteiger partial charge >= 0.3 is 12.2 Å². The Labute approximate surface area is 316 Å². The van der Waals surface area contributed by atoms with Crippen molar-refractivity contribution in [3.8, 4) is 33.6 Å². The molecule has 1 aliphatic rings. The predicted octanol–water partition coefficient (Wildman–Crippen LogP) is 10.2. The lowest BCUT2D eigenvalue weighted by molar-refractivity contribution is 0.0218. The number of amides is 2. The molecule has 10 heteroatoms. The van der Waals surface area contributed by atoms with Gasteiger partial charge in [0.05, 0.1) is 29.8 Å². The van der Waals surface area contributed by atoms with Crippen molar-refractivity contribution in [3.63, 3.8) is 0 Å². The largest absolute Gasteiger partial charge is 0.445 e. The molecule has 1 saturated heterocycles. The van der Waals surface area contributed by atoms with Gasteiger partial charge in [-0.1, -0.05) is 85.8 Å². The minimum Gasteiger partial charge on any atom is -0.445 e. The Bertz CT molecular complexity index is 2200. The number of H-pyrrole nitrogens is 2. The number of carbonyl (C=O) groups excluding carboxylic acids is 2. The van der Waals surface area contributed by atoms with E-state index in [-0.39, 0.29) is 24.7 Å². The van der Waals surface area contributed by atoms with Crippen LogP contribution < -0.4 is 5.32 Å². The zero-order valence-electron chi connectivity index (χ0n) is 31.4. The van der Waals surface area contributed by atoms with E-state index in [0.717, 1.165) is 87.3 Å². The van der Waals surface area contributed by atoms with Gasteiger partial charge < -0.3 is 24.8 Å². The molecule has 10 nitrogen and oxygen atoms in total. The van der Waals surface area contributed by atoms with Gasteiger partial charge in [-0.2, -0.15) is 0 Å². The highest BCUT2D eigenvalue weighted by Gasteiger charge is 2.34. The van der Waals surface area contributed by atoms with Gasteiger partial charge in [-0.05, 0) is 91.6 Å². The van der Waals surface area contributed by atoms with Crippen LogP contribution >= 0.6 is 0 Å². The van der Waals surface area contributed by atoms with Gasteiger partial charge in [-0.15, -0.1) is 0 Å². The number of ether oxygens (including phenoxy) is 2. The summed E-state index contributed by atoms with van der Waals surface area (Å²) in [5.41, 5.74) is 6.72. The van der Waals surface area contributed by atoms with Crippen LogP contribution in [0.3, 0.4) is 0 Å². The third-order valence-corrected chi connectivity index (χ3v) is 9.83. The molecule has 278 valence electrons. The minimum atomic E-state index is -0.540. The first-order chi connectivity index (χ1) is 26.1. The average Bonchev–Trinajstić information content (AvgIpc) is 3.97. The number of nitrogens with zero attached hydrogens (tertiary/aromatic N) is 3. The fraction of sp³-hybridized carbons (Fsp3) is 0.318. The number of alkyl carbamates (subject to hydrolysis) is 1. The van der Waals surface area contributed by atoms with Crippen molar-refractivity contribution in [3.05, 3.63) is 121 Å². The molecule has 54 heavy (non-hydrogen) atoms. The SMILES string of the molecule is C[C@@H](CCCNC(=O)OCc1ccccc1)c1ncc(-c2ccc(-c3ccc4cc(-c5cnc([C@@H]6CCCN6C(=O)OC(C)(C)C)[nH]5)ccc4c3)cc2)[nH]1. The van der Waals surface area contributed by atoms with E-state index in [1.165, 1.54) is 0 Å². The fourth-order valence-electron chi connectivity index (χ4n) is 6.92. The summed E-state index contributed by atoms with van der Waals surface area (Å²) >= 11 is 0. The Balaban J connectivity index is 0.931. The number of nitrogens with one attached hydrogen (secondary N) is 3. The first-order valence-electron chi connectivity index (χ1n) is 18.8. The number of aromatic amines is 2. The molecule has 2 atom stereocenters. The quantitative estimate of drug-likeness (QED) is 0.114. The zero-order chi connectivity index (χ0) is 37.7. The molecule has 2 aromatic heterocycles. The van der Waals surface area contributed by atoms with Gasteiger partial charge in [0.1, 0.15) is 23.9 Å². The average molecular weight is 725 g/mol. The summed E-state index contributed by atoms with van der Waals surface area (Å²) in [5.74, 6) is 1.94. The molecular formula is C44H48N6O4. The molecule has 3 heterocycles. The predicted molar refractivity (Wildman–Crippen MR) is 212 cm³/mol. The lowest BCUT2D eigenvalue weighted by Gasteiger charge is -2.27. The number of likely N-dealkylation sites (tertiary alicyclic amines) is 1. The summed E-state index contributed by atoms with van der Waals surface area (Å²) in [4.78, 5) is 43.0. The van der Waals surface area contributed by atoms with Gasteiger partial charge in [0.25, 0.3) is 0 Å². The minimum absolute atomic E-state index is 0.120. The van der Waals surface area contributed by atoms with E-state index in [9.17, 15) is 9.59 Å². The van der Waals surface area contributed by atoms with E-state index < -0.39 is 11.7 Å². The number of rotatable bonds is 11. The number of benzene rings is 4. The number of fused-ring (bicyclic) bond motifs is 1. The number of carbonyl (C=O) groups is 2. The first kappa shape index (κ1) is 36.5. The molecule has 3 N–H and O–H groups in total. The summed E-state index contributed by atoms with van der Waals surface area (Å²) < 4.78 is 10.9. The molecule has 0 unspecified atom stereocenters. The van der Waals surface area contributed by atoms with E-state index in [0.29, 0.717) is 13.1 Å². The van der Waals surface area contributed by atoms with Crippen molar-refractivity contribution in [1.82, 2.24) is 30.2 Å². The van der Waals surface area contributed by atoms with Crippen LogP contribution in [0.15, 0.2) is 103 Å². The molecule has 4 aromatic carbocycles. The van der Waals surface area contributed by atoms with Crippen molar-refractivity contribution < 1.29 is 19.1 Å². The Kier molecular flexibility index (Phi) is 10.8. The maximum Gasteiger partial charge on any atom is 0.410 e. The van der Waals surface area contributed by atoms with Gasteiger partial charge in [0.2, 0.25) is 0 Å². The topological polar surface area (TPSA) is 125 Å². The highest BCUT2D eigenvalue weighted by molar-refractivity contribution is 5.90. The Hall–Kier alpha value is -5.90. The highest BCUT2D eigenvalue weighted by atomic mass is 16.6. The van der Waals surface area contributed by atoms with Crippen LogP contribution in [0.5, 0.6) is 0 Å². The Morgan fingerprint density at radius 2 is 1.52 bits per heavy atom. The summed E-state index contributed by atoms with van der Waals surface area (Å²) in [5, 5.41) is 5.13. The molecular weight excluding hydrogens is 677 g/mol. The van der Waals surface area contributed by atoms with Gasteiger partial charge in [-0.25, -0.2) is 19.6 Å². The highest BCUT2D eigenvalue weighted by Crippen LogP contribution is 2.34. The lowest BCUT2D eigenvalue weighted by Crippen LogP contribution is -2.36. The maximum atomic E-state index is 12.8. The molecule has 1 aliphatic heterocycles. The summed E-state index contributed by atoms with van der Waals surface area (Å²) in [7, 11) is 0. The third-order valence-electron chi connectivity index (χ3n) is 9.83. The molecule has 0 spiro atoms. The lowest BCUT2D eigenvalue weighted by atomic mass is 9.98. The van der Waals surface area contributed by atoms with Crippen molar-refractivity contribution in [2.75, 3.05) is 13.1 Å². The number of hydrogen-bond acceptors (Lipinski definition) is 6. The fourth-order valence-corrected chi connectivity index (χ4v) is 6.92. The first-order valence-corrected chi connectivity index (χ1v) is 18.8. The van der Waals surface area contributed by atoms with Crippen molar-refractivity contribution in [2.24, 2.45) is 0 Å². The molecule has 0 saturated carbocycles. The second kappa shape index (κ2) is 16.0. The number of hydrogen-bond donors (Lipinski definition) is 3. The molecule has 1 fully saturated rings. The van der Waals surface area contributed by atoms with Crippen molar-refractivity contribution in [1.29, 1.82) is 0 Å². The van der Waals surface area contributed by atoms with Crippen molar-refractivity contribution >= 4 is 23.0 Å². The van der Waals surface area contributed by atoms with E-state index >= 15 is 0 Å². The molecule has 6 aromatic rings. The summed E-state index contributed by atoms with van der Waals surface area (Å²) in [6, 6.07) is 31.0.